The highest BCUT2D eigenvalue weighted by Crippen LogP contribution is 2.29. The molecule has 3 fully saturated rings. The van der Waals surface area contributed by atoms with E-state index in [2.05, 4.69) is 27.4 Å². The smallest absolute Gasteiger partial charge is 0.191 e. The monoisotopic (exact) mass is 464 g/mol. The van der Waals surface area contributed by atoms with Gasteiger partial charge in [0.05, 0.1) is 12.1 Å². The van der Waals surface area contributed by atoms with Crippen LogP contribution in [-0.4, -0.2) is 59.8 Å². The van der Waals surface area contributed by atoms with Crippen molar-refractivity contribution in [1.29, 1.82) is 0 Å². The zero-order chi connectivity index (χ0) is 16.8. The second-order valence-corrected chi connectivity index (χ2v) is 8.02. The predicted octanol–water partition coefficient (Wildman–Crippen LogP) is 2.87. The second-order valence-electron chi connectivity index (χ2n) is 8.02. The van der Waals surface area contributed by atoms with Crippen molar-refractivity contribution in [2.75, 3.05) is 26.2 Å². The predicted molar refractivity (Wildman–Crippen MR) is 115 cm³/mol. The molecule has 0 aromatic carbocycles. The lowest BCUT2D eigenvalue weighted by Gasteiger charge is -2.36. The van der Waals surface area contributed by atoms with Crippen molar-refractivity contribution >= 4 is 29.9 Å². The molecule has 0 amide bonds. The Hall–Kier alpha value is -0.0800. The molecule has 146 valence electrons. The molecule has 3 rings (SSSR count). The van der Waals surface area contributed by atoms with E-state index in [1.807, 2.05) is 0 Å². The summed E-state index contributed by atoms with van der Waals surface area (Å²) in [5, 5.41) is 17.5. The number of rotatable bonds is 5. The third kappa shape index (κ3) is 6.24. The fourth-order valence-electron chi connectivity index (χ4n) is 4.61. The number of halogens is 1. The van der Waals surface area contributed by atoms with E-state index >= 15 is 0 Å². The van der Waals surface area contributed by atoms with Gasteiger partial charge in [-0.3, -0.25) is 4.99 Å². The molecule has 1 saturated heterocycles. The van der Waals surface area contributed by atoms with Crippen molar-refractivity contribution in [3.63, 3.8) is 0 Å². The maximum absolute atomic E-state index is 10.5. The quantitative estimate of drug-likeness (QED) is 0.333. The van der Waals surface area contributed by atoms with Crippen LogP contribution in [0.4, 0.5) is 0 Å². The minimum atomic E-state index is -0.561. The Balaban J connectivity index is 0.00000225. The maximum atomic E-state index is 10.5. The van der Waals surface area contributed by atoms with Gasteiger partial charge in [0, 0.05) is 31.7 Å². The van der Waals surface area contributed by atoms with Gasteiger partial charge >= 0.3 is 0 Å². The van der Waals surface area contributed by atoms with Crippen molar-refractivity contribution in [2.24, 2.45) is 4.99 Å². The van der Waals surface area contributed by atoms with Gasteiger partial charge in [-0.2, -0.15) is 0 Å². The largest absolute Gasteiger partial charge is 0.388 e. The average molecular weight is 464 g/mol. The average Bonchev–Trinajstić information content (AvgIpc) is 3.26. The fraction of sp³-hybridized carbons (Fsp3) is 0.947. The molecule has 0 bridgehead atoms. The zero-order valence-electron chi connectivity index (χ0n) is 15.8. The van der Waals surface area contributed by atoms with E-state index in [1.165, 1.54) is 51.6 Å². The lowest BCUT2D eigenvalue weighted by atomic mass is 10.0. The molecule has 2 aliphatic carbocycles. The number of nitrogens with one attached hydrogen (secondary N) is 2. The summed E-state index contributed by atoms with van der Waals surface area (Å²) in [6.45, 7) is 5.93. The molecule has 0 atom stereocenters. The van der Waals surface area contributed by atoms with Gasteiger partial charge in [0.25, 0.3) is 0 Å². The second kappa shape index (κ2) is 10.3. The number of nitrogens with zero attached hydrogens (tertiary/aromatic N) is 2. The van der Waals surface area contributed by atoms with Crippen LogP contribution in [0.1, 0.15) is 71.1 Å². The summed E-state index contributed by atoms with van der Waals surface area (Å²) in [4.78, 5) is 7.39. The van der Waals surface area contributed by atoms with Gasteiger partial charge in [-0.1, -0.05) is 25.7 Å². The number of hydrogen-bond acceptors (Lipinski definition) is 3. The zero-order valence-corrected chi connectivity index (χ0v) is 18.1. The Bertz CT molecular complexity index is 412. The van der Waals surface area contributed by atoms with Crippen LogP contribution in [0.15, 0.2) is 4.99 Å². The molecule has 2 saturated carbocycles. The molecule has 3 N–H and O–H groups in total. The van der Waals surface area contributed by atoms with E-state index in [0.717, 1.165) is 44.2 Å². The first-order chi connectivity index (χ1) is 11.7. The molecule has 5 nitrogen and oxygen atoms in total. The molecule has 3 aliphatic rings. The van der Waals surface area contributed by atoms with Crippen molar-refractivity contribution in [1.82, 2.24) is 15.5 Å². The summed E-state index contributed by atoms with van der Waals surface area (Å²) < 4.78 is 0. The summed E-state index contributed by atoms with van der Waals surface area (Å²) in [6, 6.07) is 1.36. The van der Waals surface area contributed by atoms with Gasteiger partial charge in [-0.15, -0.1) is 24.0 Å². The third-order valence-corrected chi connectivity index (χ3v) is 6.12. The number of piperidine rings is 1. The first-order valence-corrected chi connectivity index (χ1v) is 10.2. The highest BCUT2D eigenvalue weighted by Gasteiger charge is 2.31. The SMILES string of the molecule is CCNC(=NCC1(O)CCCC1)NC1CCN(C2CCCC2)CC1.I. The molecule has 25 heavy (non-hydrogen) atoms. The van der Waals surface area contributed by atoms with Gasteiger partial charge in [-0.25, -0.2) is 0 Å². The minimum Gasteiger partial charge on any atom is -0.388 e. The minimum absolute atomic E-state index is 0. The number of aliphatic hydroxyl groups is 1. The molecule has 0 aromatic rings. The van der Waals surface area contributed by atoms with Crippen LogP contribution in [0.2, 0.25) is 0 Å². The number of aliphatic imine (C=N–C) groups is 1. The van der Waals surface area contributed by atoms with Crippen LogP contribution in [-0.2, 0) is 0 Å². The molecule has 0 spiro atoms. The Labute approximate surface area is 170 Å². The number of hydrogen-bond donors (Lipinski definition) is 3. The first-order valence-electron chi connectivity index (χ1n) is 10.2. The number of likely N-dealkylation sites (tertiary alicyclic amines) is 1. The van der Waals surface area contributed by atoms with Crippen molar-refractivity contribution in [3.05, 3.63) is 0 Å². The van der Waals surface area contributed by atoms with Crippen LogP contribution in [0, 0.1) is 0 Å². The molecular formula is C19H37IN4O. The Morgan fingerprint density at radius 2 is 1.72 bits per heavy atom. The summed E-state index contributed by atoms with van der Waals surface area (Å²) in [5.74, 6) is 0.886. The summed E-state index contributed by atoms with van der Waals surface area (Å²) in [6.07, 6.45) is 12.1. The highest BCUT2D eigenvalue weighted by molar-refractivity contribution is 14.0. The molecule has 0 radical (unpaired) electrons. The van der Waals surface area contributed by atoms with E-state index < -0.39 is 5.60 Å². The van der Waals surface area contributed by atoms with Crippen molar-refractivity contribution < 1.29 is 5.11 Å². The van der Waals surface area contributed by atoms with Gasteiger partial charge in [0.15, 0.2) is 5.96 Å². The van der Waals surface area contributed by atoms with Crippen LogP contribution < -0.4 is 10.6 Å². The van der Waals surface area contributed by atoms with Crippen molar-refractivity contribution in [2.45, 2.75) is 88.8 Å². The molecular weight excluding hydrogens is 427 g/mol. The van der Waals surface area contributed by atoms with Crippen LogP contribution in [0.25, 0.3) is 0 Å². The molecule has 1 heterocycles. The van der Waals surface area contributed by atoms with Crippen LogP contribution in [0.3, 0.4) is 0 Å². The Morgan fingerprint density at radius 1 is 1.08 bits per heavy atom. The summed E-state index contributed by atoms with van der Waals surface area (Å²) >= 11 is 0. The Morgan fingerprint density at radius 3 is 2.32 bits per heavy atom. The summed E-state index contributed by atoms with van der Waals surface area (Å²) in [7, 11) is 0. The highest BCUT2D eigenvalue weighted by atomic mass is 127. The maximum Gasteiger partial charge on any atom is 0.191 e. The van der Waals surface area contributed by atoms with Gasteiger partial charge in [-0.05, 0) is 45.4 Å². The molecule has 0 aromatic heterocycles. The molecule has 1 aliphatic heterocycles. The Kier molecular flexibility index (Phi) is 8.75. The lowest BCUT2D eigenvalue weighted by molar-refractivity contribution is 0.0573. The topological polar surface area (TPSA) is 59.9 Å². The normalized spacial score (nSPS) is 25.8. The number of guanidine groups is 1. The fourth-order valence-corrected chi connectivity index (χ4v) is 4.61. The van der Waals surface area contributed by atoms with Crippen LogP contribution in [0.5, 0.6) is 0 Å². The first kappa shape index (κ1) is 21.2. The van der Waals surface area contributed by atoms with E-state index in [9.17, 15) is 5.11 Å². The van der Waals surface area contributed by atoms with E-state index in [0.29, 0.717) is 12.6 Å². The molecule has 6 heteroatoms. The van der Waals surface area contributed by atoms with E-state index in [-0.39, 0.29) is 24.0 Å². The van der Waals surface area contributed by atoms with Gasteiger partial charge in [0.2, 0.25) is 0 Å². The van der Waals surface area contributed by atoms with E-state index in [1.54, 1.807) is 0 Å². The molecule has 0 unspecified atom stereocenters. The van der Waals surface area contributed by atoms with E-state index in [4.69, 9.17) is 0 Å². The van der Waals surface area contributed by atoms with Crippen LogP contribution >= 0.6 is 24.0 Å². The van der Waals surface area contributed by atoms with Crippen molar-refractivity contribution in [3.8, 4) is 0 Å². The summed E-state index contributed by atoms with van der Waals surface area (Å²) in [5.41, 5.74) is -0.561. The van der Waals surface area contributed by atoms with Gasteiger partial charge < -0.3 is 20.6 Å². The van der Waals surface area contributed by atoms with Gasteiger partial charge in [0.1, 0.15) is 0 Å². The third-order valence-electron chi connectivity index (χ3n) is 6.12. The standard InChI is InChI=1S/C19H36N4O.HI/c1-2-20-18(21-15-19(24)11-5-6-12-19)22-16-9-13-23(14-10-16)17-7-3-4-8-17;/h16-17,24H,2-15H2,1H3,(H2,20,21,22);1H. The lowest BCUT2D eigenvalue weighted by Crippen LogP contribution is -2.50.